The van der Waals surface area contributed by atoms with Crippen LogP contribution < -0.4 is 10.6 Å². The maximum absolute atomic E-state index is 12.7. The van der Waals surface area contributed by atoms with Gasteiger partial charge in [-0.05, 0) is 44.3 Å². The Morgan fingerprint density at radius 1 is 0.871 bits per heavy atom. The number of pyridine rings is 1. The maximum Gasteiger partial charge on any atom is 0.326 e. The summed E-state index contributed by atoms with van der Waals surface area (Å²) in [6.45, 7) is 7.94. The Labute approximate surface area is 185 Å². The standard InChI is InChI=1S/C19H15N3O.C4H11N.C3H8/c23-19(21-13-14-7-5-6-12-20-14)22-17-10-3-1-8-15(17)16-9-2-4-11-18(16)22;1-3-4-5-2;1-3-2/h1-12H,13H2,(H,21,23);5H,3-4H2,1-2H3;3H2,1-2H3. The zero-order valence-corrected chi connectivity index (χ0v) is 19.1. The molecule has 164 valence electrons. The third-order valence-corrected chi connectivity index (χ3v) is 4.43. The van der Waals surface area contributed by atoms with E-state index in [0.717, 1.165) is 34.0 Å². The number of nitrogens with zero attached hydrogens (tertiary/aromatic N) is 2. The molecule has 1 amide bonds. The number of rotatable bonds is 4. The molecule has 31 heavy (non-hydrogen) atoms. The summed E-state index contributed by atoms with van der Waals surface area (Å²) in [6.07, 6.45) is 4.21. The van der Waals surface area contributed by atoms with Gasteiger partial charge in [0.2, 0.25) is 0 Å². The molecule has 0 radical (unpaired) electrons. The number of fused-ring (bicyclic) bond motifs is 3. The number of hydrogen-bond acceptors (Lipinski definition) is 3. The van der Waals surface area contributed by atoms with Crippen molar-refractivity contribution in [2.24, 2.45) is 0 Å². The second-order valence-corrected chi connectivity index (χ2v) is 7.16. The van der Waals surface area contributed by atoms with Crippen LogP contribution in [0.5, 0.6) is 0 Å². The van der Waals surface area contributed by atoms with E-state index in [9.17, 15) is 4.79 Å². The highest BCUT2D eigenvalue weighted by molar-refractivity contribution is 6.13. The second-order valence-electron chi connectivity index (χ2n) is 7.16. The van der Waals surface area contributed by atoms with Crippen molar-refractivity contribution in [2.45, 2.75) is 40.2 Å². The van der Waals surface area contributed by atoms with Gasteiger partial charge < -0.3 is 10.6 Å². The number of carbonyl (C=O) groups excluding carboxylic acids is 1. The molecule has 2 N–H and O–H groups in total. The summed E-state index contributed by atoms with van der Waals surface area (Å²) in [5.74, 6) is 0. The van der Waals surface area contributed by atoms with Gasteiger partial charge in [-0.25, -0.2) is 4.79 Å². The van der Waals surface area contributed by atoms with Gasteiger partial charge in [-0.15, -0.1) is 0 Å². The van der Waals surface area contributed by atoms with E-state index in [1.54, 1.807) is 10.8 Å². The SMILES string of the molecule is CCC.CCCNC.O=C(NCc1ccccn1)n1c2ccccc2c2ccccc21. The number of nitrogens with one attached hydrogen (secondary N) is 2. The van der Waals surface area contributed by atoms with Crippen molar-refractivity contribution >= 4 is 27.8 Å². The van der Waals surface area contributed by atoms with E-state index >= 15 is 0 Å². The first-order chi connectivity index (χ1) is 15.2. The van der Waals surface area contributed by atoms with Crippen molar-refractivity contribution in [3.05, 3.63) is 78.6 Å². The molecule has 0 aliphatic rings. The lowest BCUT2D eigenvalue weighted by atomic mass is 10.2. The summed E-state index contributed by atoms with van der Waals surface area (Å²) in [5, 5.41) is 8.12. The van der Waals surface area contributed by atoms with E-state index in [4.69, 9.17) is 0 Å². The molecular formula is C26H34N4O. The lowest BCUT2D eigenvalue weighted by Gasteiger charge is -2.08. The molecule has 2 aromatic heterocycles. The Balaban J connectivity index is 0.000000371. The molecule has 5 nitrogen and oxygen atoms in total. The van der Waals surface area contributed by atoms with Gasteiger partial charge in [-0.2, -0.15) is 0 Å². The summed E-state index contributed by atoms with van der Waals surface area (Å²) < 4.78 is 1.73. The first-order valence-electron chi connectivity index (χ1n) is 11.0. The molecule has 0 saturated carbocycles. The van der Waals surface area contributed by atoms with Crippen LogP contribution in [0.15, 0.2) is 72.9 Å². The van der Waals surface area contributed by atoms with E-state index < -0.39 is 0 Å². The van der Waals surface area contributed by atoms with Gasteiger partial charge in [0.25, 0.3) is 0 Å². The molecule has 0 saturated heterocycles. The topological polar surface area (TPSA) is 59.0 Å². The highest BCUT2D eigenvalue weighted by Crippen LogP contribution is 2.28. The molecular weight excluding hydrogens is 384 g/mol. The number of benzene rings is 2. The lowest BCUT2D eigenvalue weighted by Crippen LogP contribution is -2.28. The van der Waals surface area contributed by atoms with Crippen molar-refractivity contribution < 1.29 is 4.79 Å². The highest BCUT2D eigenvalue weighted by atomic mass is 16.2. The number of para-hydroxylation sites is 2. The van der Waals surface area contributed by atoms with Crippen LogP contribution in [0.4, 0.5) is 4.79 Å². The Morgan fingerprint density at radius 2 is 1.42 bits per heavy atom. The molecule has 0 aliphatic carbocycles. The average molecular weight is 419 g/mol. The molecule has 0 fully saturated rings. The fourth-order valence-corrected chi connectivity index (χ4v) is 3.14. The first-order valence-corrected chi connectivity index (χ1v) is 11.0. The zero-order valence-electron chi connectivity index (χ0n) is 19.1. The van der Waals surface area contributed by atoms with Crippen molar-refractivity contribution in [3.63, 3.8) is 0 Å². The first kappa shape index (κ1) is 24.1. The molecule has 5 heteroatoms. The second kappa shape index (κ2) is 13.2. The Kier molecular flexibility index (Phi) is 10.3. The van der Waals surface area contributed by atoms with Crippen LogP contribution in [0.3, 0.4) is 0 Å². The van der Waals surface area contributed by atoms with E-state index in [1.165, 1.54) is 12.8 Å². The van der Waals surface area contributed by atoms with Crippen LogP contribution >= 0.6 is 0 Å². The minimum Gasteiger partial charge on any atom is -0.332 e. The van der Waals surface area contributed by atoms with Gasteiger partial charge in [0.05, 0.1) is 23.3 Å². The fourth-order valence-electron chi connectivity index (χ4n) is 3.14. The van der Waals surface area contributed by atoms with Crippen LogP contribution in [0.25, 0.3) is 21.8 Å². The van der Waals surface area contributed by atoms with Crippen LogP contribution in [-0.2, 0) is 6.54 Å². The molecule has 0 bridgehead atoms. The van der Waals surface area contributed by atoms with Crippen molar-refractivity contribution in [1.29, 1.82) is 0 Å². The maximum atomic E-state index is 12.7. The summed E-state index contributed by atoms with van der Waals surface area (Å²) in [4.78, 5) is 17.0. The predicted octanol–water partition coefficient (Wildman–Crippen LogP) is 5.98. The summed E-state index contributed by atoms with van der Waals surface area (Å²) in [7, 11) is 1.96. The van der Waals surface area contributed by atoms with Crippen molar-refractivity contribution in [1.82, 2.24) is 20.2 Å². The third kappa shape index (κ3) is 6.66. The van der Waals surface area contributed by atoms with E-state index in [2.05, 4.69) is 36.4 Å². The Hall–Kier alpha value is -3.18. The highest BCUT2D eigenvalue weighted by Gasteiger charge is 2.14. The number of aromatic nitrogens is 2. The predicted molar refractivity (Wildman–Crippen MR) is 131 cm³/mol. The van der Waals surface area contributed by atoms with Crippen molar-refractivity contribution in [3.8, 4) is 0 Å². The van der Waals surface area contributed by atoms with E-state index in [1.807, 2.05) is 73.8 Å². The minimum absolute atomic E-state index is 0.145. The van der Waals surface area contributed by atoms with Crippen LogP contribution in [0.2, 0.25) is 0 Å². The molecule has 2 heterocycles. The normalized spacial score (nSPS) is 10.1. The molecule has 0 spiro atoms. The Morgan fingerprint density at radius 3 is 1.87 bits per heavy atom. The molecule has 4 rings (SSSR count). The van der Waals surface area contributed by atoms with E-state index in [-0.39, 0.29) is 6.03 Å². The van der Waals surface area contributed by atoms with Gasteiger partial charge in [-0.3, -0.25) is 9.55 Å². The number of hydrogen-bond donors (Lipinski definition) is 2. The van der Waals surface area contributed by atoms with E-state index in [0.29, 0.717) is 6.54 Å². The summed E-state index contributed by atoms with van der Waals surface area (Å²) in [5.41, 5.74) is 2.65. The third-order valence-electron chi connectivity index (χ3n) is 4.43. The summed E-state index contributed by atoms with van der Waals surface area (Å²) >= 11 is 0. The largest absolute Gasteiger partial charge is 0.332 e. The van der Waals surface area contributed by atoms with Crippen LogP contribution in [-0.4, -0.2) is 29.2 Å². The quantitative estimate of drug-likeness (QED) is 0.429. The molecule has 2 aromatic carbocycles. The molecule has 0 unspecified atom stereocenters. The Bertz CT molecular complexity index is 1000. The van der Waals surface area contributed by atoms with Crippen LogP contribution in [0.1, 0.15) is 39.3 Å². The van der Waals surface area contributed by atoms with Crippen molar-refractivity contribution in [2.75, 3.05) is 13.6 Å². The number of carbonyl (C=O) groups is 1. The minimum atomic E-state index is -0.145. The monoisotopic (exact) mass is 418 g/mol. The molecule has 4 aromatic rings. The molecule has 0 aliphatic heterocycles. The smallest absolute Gasteiger partial charge is 0.326 e. The van der Waals surface area contributed by atoms with Gasteiger partial charge in [0, 0.05) is 17.0 Å². The van der Waals surface area contributed by atoms with Gasteiger partial charge in [0.1, 0.15) is 0 Å². The average Bonchev–Trinajstić information content (AvgIpc) is 3.14. The fraction of sp³-hybridized carbons (Fsp3) is 0.308. The lowest BCUT2D eigenvalue weighted by molar-refractivity contribution is 0.243. The van der Waals surface area contributed by atoms with Gasteiger partial charge in [-0.1, -0.05) is 69.7 Å². The number of amides is 1. The summed E-state index contributed by atoms with van der Waals surface area (Å²) in [6, 6.07) is 21.4. The molecule has 0 atom stereocenters. The zero-order chi connectivity index (χ0) is 22.5. The van der Waals surface area contributed by atoms with Gasteiger partial charge >= 0.3 is 6.03 Å². The van der Waals surface area contributed by atoms with Gasteiger partial charge in [0.15, 0.2) is 0 Å². The van der Waals surface area contributed by atoms with Crippen LogP contribution in [0, 0.1) is 0 Å².